The Bertz CT molecular complexity index is 547. The predicted octanol–water partition coefficient (Wildman–Crippen LogP) is 4.94. The normalized spacial score (nSPS) is 16.3. The van der Waals surface area contributed by atoms with Crippen molar-refractivity contribution in [3.05, 3.63) is 59.2 Å². The third-order valence-electron chi connectivity index (χ3n) is 3.73. The van der Waals surface area contributed by atoms with Crippen LogP contribution in [-0.2, 0) is 6.42 Å². The Morgan fingerprint density at radius 2 is 2.11 bits per heavy atom. The molecular formula is C18H22O. The van der Waals surface area contributed by atoms with Crippen molar-refractivity contribution in [1.82, 2.24) is 0 Å². The molecule has 1 aliphatic rings. The first-order valence-electron chi connectivity index (χ1n) is 6.90. The van der Waals surface area contributed by atoms with Gasteiger partial charge in [0.25, 0.3) is 0 Å². The first-order valence-corrected chi connectivity index (χ1v) is 6.90. The van der Waals surface area contributed by atoms with Crippen molar-refractivity contribution in [2.45, 2.75) is 33.6 Å². The Labute approximate surface area is 116 Å². The molecule has 1 aromatic rings. The summed E-state index contributed by atoms with van der Waals surface area (Å²) in [4.78, 5) is 0. The molecule has 0 unspecified atom stereocenters. The molecule has 0 saturated carbocycles. The van der Waals surface area contributed by atoms with Gasteiger partial charge in [0.1, 0.15) is 5.75 Å². The average molecular weight is 254 g/mol. The van der Waals surface area contributed by atoms with Crippen LogP contribution in [0, 0.1) is 0 Å². The number of para-hydroxylation sites is 1. The smallest absolute Gasteiger partial charge is 0.130 e. The zero-order valence-corrected chi connectivity index (χ0v) is 12.1. The van der Waals surface area contributed by atoms with Crippen molar-refractivity contribution in [2.75, 3.05) is 6.61 Å². The third kappa shape index (κ3) is 2.65. The monoisotopic (exact) mass is 254 g/mol. The third-order valence-corrected chi connectivity index (χ3v) is 3.73. The number of fused-ring (bicyclic) bond motifs is 1. The fourth-order valence-electron chi connectivity index (χ4n) is 2.57. The van der Waals surface area contributed by atoms with Gasteiger partial charge in [-0.15, -0.1) is 0 Å². The molecule has 1 nitrogen and oxygen atoms in total. The van der Waals surface area contributed by atoms with E-state index in [-0.39, 0.29) is 0 Å². The van der Waals surface area contributed by atoms with Crippen LogP contribution in [0.15, 0.2) is 48.1 Å². The van der Waals surface area contributed by atoms with Gasteiger partial charge in [-0.25, -0.2) is 0 Å². The van der Waals surface area contributed by atoms with Gasteiger partial charge in [0.05, 0.1) is 6.61 Å². The first-order chi connectivity index (χ1) is 9.19. The van der Waals surface area contributed by atoms with E-state index in [2.05, 4.69) is 51.6 Å². The topological polar surface area (TPSA) is 9.23 Å². The molecule has 1 aromatic carbocycles. The fourth-order valence-corrected chi connectivity index (χ4v) is 2.57. The van der Waals surface area contributed by atoms with Crippen molar-refractivity contribution < 1.29 is 4.74 Å². The lowest BCUT2D eigenvalue weighted by atomic mass is 9.90. The molecular weight excluding hydrogens is 232 g/mol. The first kappa shape index (κ1) is 13.7. The lowest BCUT2D eigenvalue weighted by Gasteiger charge is -2.22. The van der Waals surface area contributed by atoms with Crippen LogP contribution in [0.2, 0.25) is 0 Å². The molecule has 0 saturated heterocycles. The Hall–Kier alpha value is -1.76. The summed E-state index contributed by atoms with van der Waals surface area (Å²) in [5.74, 6) is 1.06. The SMILES string of the molecule is C=C/C(C)=C(\C(C)=C/C)c1cccc2c1OCCC2. The zero-order chi connectivity index (χ0) is 13.8. The van der Waals surface area contributed by atoms with Gasteiger partial charge >= 0.3 is 0 Å². The minimum Gasteiger partial charge on any atom is -0.493 e. The van der Waals surface area contributed by atoms with Crippen LogP contribution in [-0.4, -0.2) is 6.61 Å². The second kappa shape index (κ2) is 5.92. The Morgan fingerprint density at radius 3 is 2.79 bits per heavy atom. The summed E-state index contributed by atoms with van der Waals surface area (Å²) in [5, 5.41) is 0. The summed E-state index contributed by atoms with van der Waals surface area (Å²) in [5.41, 5.74) is 6.22. The van der Waals surface area contributed by atoms with Crippen molar-refractivity contribution >= 4 is 5.57 Å². The maximum Gasteiger partial charge on any atom is 0.130 e. The second-order valence-electron chi connectivity index (χ2n) is 4.98. The number of rotatable bonds is 3. The van der Waals surface area contributed by atoms with Crippen LogP contribution in [0.25, 0.3) is 5.57 Å². The standard InChI is InChI=1S/C18H22O/c1-5-13(3)17(14(4)6-2)16-11-7-9-15-10-8-12-19-18(15)16/h5-7,9,11H,1,8,10,12H2,2-4H3/b14-6-,17-13+. The lowest BCUT2D eigenvalue weighted by Crippen LogP contribution is -2.10. The highest BCUT2D eigenvalue weighted by Crippen LogP contribution is 2.38. The zero-order valence-electron chi connectivity index (χ0n) is 12.1. The van der Waals surface area contributed by atoms with E-state index in [4.69, 9.17) is 4.74 Å². The molecule has 2 rings (SSSR count). The van der Waals surface area contributed by atoms with E-state index >= 15 is 0 Å². The summed E-state index contributed by atoms with van der Waals surface area (Å²) >= 11 is 0. The van der Waals surface area contributed by atoms with E-state index in [1.54, 1.807) is 0 Å². The van der Waals surface area contributed by atoms with Crippen LogP contribution in [0.1, 0.15) is 38.3 Å². The van der Waals surface area contributed by atoms with E-state index in [9.17, 15) is 0 Å². The number of benzene rings is 1. The Kier molecular flexibility index (Phi) is 4.26. The van der Waals surface area contributed by atoms with E-state index in [1.165, 1.54) is 27.8 Å². The lowest BCUT2D eigenvalue weighted by molar-refractivity contribution is 0.287. The number of aryl methyl sites for hydroxylation is 1. The molecule has 0 atom stereocenters. The van der Waals surface area contributed by atoms with Crippen LogP contribution in [0.4, 0.5) is 0 Å². The van der Waals surface area contributed by atoms with Gasteiger partial charge in [-0.05, 0) is 55.9 Å². The number of allylic oxidation sites excluding steroid dienone is 5. The van der Waals surface area contributed by atoms with E-state index in [1.807, 2.05) is 6.08 Å². The van der Waals surface area contributed by atoms with Crippen molar-refractivity contribution in [2.24, 2.45) is 0 Å². The summed E-state index contributed by atoms with van der Waals surface area (Å²) in [6.07, 6.45) is 6.28. The van der Waals surface area contributed by atoms with E-state index in [0.29, 0.717) is 0 Å². The second-order valence-corrected chi connectivity index (χ2v) is 4.98. The molecule has 1 heterocycles. The molecule has 1 heteroatoms. The van der Waals surface area contributed by atoms with Gasteiger partial charge in [0.2, 0.25) is 0 Å². The molecule has 0 bridgehead atoms. The fraction of sp³-hybridized carbons (Fsp3) is 0.333. The maximum absolute atomic E-state index is 5.93. The molecule has 1 aliphatic heterocycles. The van der Waals surface area contributed by atoms with Gasteiger partial charge in [-0.3, -0.25) is 0 Å². The summed E-state index contributed by atoms with van der Waals surface area (Å²) < 4.78 is 5.93. The molecule has 0 aliphatic carbocycles. The van der Waals surface area contributed by atoms with Crippen LogP contribution in [0.3, 0.4) is 0 Å². The molecule has 0 radical (unpaired) electrons. The van der Waals surface area contributed by atoms with Crippen LogP contribution >= 0.6 is 0 Å². The Morgan fingerprint density at radius 1 is 1.32 bits per heavy atom. The predicted molar refractivity (Wildman–Crippen MR) is 82.5 cm³/mol. The van der Waals surface area contributed by atoms with Gasteiger partial charge in [0.15, 0.2) is 0 Å². The number of ether oxygens (including phenoxy) is 1. The molecule has 100 valence electrons. The highest BCUT2D eigenvalue weighted by atomic mass is 16.5. The van der Waals surface area contributed by atoms with E-state index < -0.39 is 0 Å². The summed E-state index contributed by atoms with van der Waals surface area (Å²) in [6.45, 7) is 11.1. The van der Waals surface area contributed by atoms with Crippen LogP contribution < -0.4 is 4.74 Å². The minimum absolute atomic E-state index is 0.819. The van der Waals surface area contributed by atoms with Gasteiger partial charge in [-0.2, -0.15) is 0 Å². The molecule has 0 spiro atoms. The van der Waals surface area contributed by atoms with Crippen LogP contribution in [0.5, 0.6) is 5.75 Å². The minimum atomic E-state index is 0.819. The molecule has 0 aromatic heterocycles. The van der Waals surface area contributed by atoms with Gasteiger partial charge in [0, 0.05) is 5.56 Å². The van der Waals surface area contributed by atoms with Gasteiger partial charge < -0.3 is 4.74 Å². The highest BCUT2D eigenvalue weighted by molar-refractivity contribution is 5.85. The average Bonchev–Trinajstić information content (AvgIpc) is 2.47. The van der Waals surface area contributed by atoms with E-state index in [0.717, 1.165) is 25.2 Å². The van der Waals surface area contributed by atoms with Crippen molar-refractivity contribution in [3.63, 3.8) is 0 Å². The molecule has 0 amide bonds. The van der Waals surface area contributed by atoms with Crippen molar-refractivity contribution in [3.8, 4) is 5.75 Å². The molecule has 19 heavy (non-hydrogen) atoms. The Balaban J connectivity index is 2.65. The maximum atomic E-state index is 5.93. The van der Waals surface area contributed by atoms with Crippen molar-refractivity contribution in [1.29, 1.82) is 0 Å². The molecule has 0 N–H and O–H groups in total. The summed E-state index contributed by atoms with van der Waals surface area (Å²) in [6, 6.07) is 6.45. The quantitative estimate of drug-likeness (QED) is 0.694. The van der Waals surface area contributed by atoms with Gasteiger partial charge in [-0.1, -0.05) is 36.9 Å². The number of hydrogen-bond acceptors (Lipinski definition) is 1. The summed E-state index contributed by atoms with van der Waals surface area (Å²) in [7, 11) is 0. The molecule has 0 fully saturated rings. The number of hydrogen-bond donors (Lipinski definition) is 0. The highest BCUT2D eigenvalue weighted by Gasteiger charge is 2.18. The largest absolute Gasteiger partial charge is 0.493 e.